The minimum atomic E-state index is -0.450. The zero-order valence-corrected chi connectivity index (χ0v) is 17.4. The highest BCUT2D eigenvalue weighted by atomic mass is 16.6. The molecule has 0 saturated carbocycles. The Labute approximate surface area is 176 Å². The monoisotopic (exact) mass is 411 g/mol. The largest absolute Gasteiger partial charge is 0.378 e. The van der Waals surface area contributed by atoms with Gasteiger partial charge in [-0.05, 0) is 37.8 Å². The number of nitrogens with two attached hydrogens (primary N) is 1. The predicted molar refractivity (Wildman–Crippen MR) is 118 cm³/mol. The molecular formula is C21H29N7O2. The van der Waals surface area contributed by atoms with Crippen molar-refractivity contribution in [1.82, 2.24) is 14.9 Å². The Kier molecular flexibility index (Phi) is 5.98. The molecule has 1 aromatic carbocycles. The molecule has 0 bridgehead atoms. The summed E-state index contributed by atoms with van der Waals surface area (Å²) < 4.78 is 0. The molecule has 9 nitrogen and oxygen atoms in total. The fourth-order valence-corrected chi connectivity index (χ4v) is 4.29. The fraction of sp³-hybridized carbons (Fsp3) is 0.524. The maximum atomic E-state index is 11.7. The third-order valence-electron chi connectivity index (χ3n) is 6.13. The molecule has 30 heavy (non-hydrogen) atoms. The summed E-state index contributed by atoms with van der Waals surface area (Å²) >= 11 is 0. The summed E-state index contributed by atoms with van der Waals surface area (Å²) in [6, 6.07) is 10.5. The van der Waals surface area contributed by atoms with E-state index in [-0.39, 0.29) is 11.5 Å². The van der Waals surface area contributed by atoms with Crippen LogP contribution in [0.2, 0.25) is 0 Å². The van der Waals surface area contributed by atoms with E-state index in [1.165, 1.54) is 5.56 Å². The van der Waals surface area contributed by atoms with E-state index in [9.17, 15) is 10.1 Å². The van der Waals surface area contributed by atoms with Crippen LogP contribution in [-0.4, -0.2) is 66.1 Å². The smallest absolute Gasteiger partial charge is 0.353 e. The van der Waals surface area contributed by atoms with Crippen LogP contribution < -0.4 is 15.5 Å². The van der Waals surface area contributed by atoms with E-state index < -0.39 is 4.92 Å². The molecule has 2 saturated heterocycles. The summed E-state index contributed by atoms with van der Waals surface area (Å²) in [5.74, 6) is 1.37. The standard InChI is InChI=1S/C21H29N7O2/c1-25-11-13-27(14-12-25)21-23-19(22)18(28(29)30)20(24-21)26-9-7-17(8-10-26)15-16-5-3-2-4-6-16/h2-6,17H,7-15H2,1H3,(H2,22,23,24). The quantitative estimate of drug-likeness (QED) is 0.590. The van der Waals surface area contributed by atoms with Crippen LogP contribution in [-0.2, 0) is 6.42 Å². The van der Waals surface area contributed by atoms with Crippen LogP contribution in [0.1, 0.15) is 18.4 Å². The number of likely N-dealkylation sites (N-methyl/N-ethyl adjacent to an activating group) is 1. The Morgan fingerprint density at radius 2 is 1.70 bits per heavy atom. The van der Waals surface area contributed by atoms with Crippen LogP contribution >= 0.6 is 0 Å². The second-order valence-electron chi connectivity index (χ2n) is 8.25. The number of nitrogens with zero attached hydrogens (tertiary/aromatic N) is 6. The number of nitro groups is 1. The molecule has 0 atom stereocenters. The second kappa shape index (κ2) is 8.83. The van der Waals surface area contributed by atoms with Crippen LogP contribution in [0.4, 0.5) is 23.3 Å². The summed E-state index contributed by atoms with van der Waals surface area (Å²) in [4.78, 5) is 26.5. The van der Waals surface area contributed by atoms with E-state index in [1.807, 2.05) is 11.0 Å². The summed E-state index contributed by atoms with van der Waals surface area (Å²) in [5.41, 5.74) is 7.20. The van der Waals surface area contributed by atoms with Crippen LogP contribution in [0.25, 0.3) is 0 Å². The van der Waals surface area contributed by atoms with Crippen molar-refractivity contribution in [2.45, 2.75) is 19.3 Å². The number of hydrogen-bond acceptors (Lipinski definition) is 8. The molecule has 2 aliphatic rings. The zero-order valence-electron chi connectivity index (χ0n) is 17.4. The third-order valence-corrected chi connectivity index (χ3v) is 6.13. The molecule has 0 aliphatic carbocycles. The first-order valence-corrected chi connectivity index (χ1v) is 10.6. The van der Waals surface area contributed by atoms with Gasteiger partial charge in [0.15, 0.2) is 0 Å². The Balaban J connectivity index is 1.51. The number of hydrogen-bond donors (Lipinski definition) is 1. The molecular weight excluding hydrogens is 382 g/mol. The van der Waals surface area contributed by atoms with Gasteiger partial charge in [-0.2, -0.15) is 9.97 Å². The van der Waals surface area contributed by atoms with Crippen LogP contribution in [0, 0.1) is 16.0 Å². The highest BCUT2D eigenvalue weighted by molar-refractivity contribution is 5.71. The number of aromatic nitrogens is 2. The fourth-order valence-electron chi connectivity index (χ4n) is 4.29. The Morgan fingerprint density at radius 1 is 1.03 bits per heavy atom. The van der Waals surface area contributed by atoms with Gasteiger partial charge in [-0.15, -0.1) is 0 Å². The van der Waals surface area contributed by atoms with Crippen molar-refractivity contribution in [2.75, 3.05) is 61.8 Å². The first kappa shape index (κ1) is 20.3. The van der Waals surface area contributed by atoms with Crippen molar-refractivity contribution < 1.29 is 4.92 Å². The normalized spacial score (nSPS) is 18.6. The van der Waals surface area contributed by atoms with Gasteiger partial charge in [0.1, 0.15) is 0 Å². The van der Waals surface area contributed by atoms with Crippen molar-refractivity contribution in [3.05, 3.63) is 46.0 Å². The van der Waals surface area contributed by atoms with Crippen LogP contribution in [0.3, 0.4) is 0 Å². The number of anilines is 3. The molecule has 160 valence electrons. The van der Waals surface area contributed by atoms with Gasteiger partial charge in [-0.25, -0.2) is 0 Å². The van der Waals surface area contributed by atoms with Gasteiger partial charge in [0, 0.05) is 39.3 Å². The van der Waals surface area contributed by atoms with E-state index in [0.717, 1.165) is 58.5 Å². The molecule has 1 aromatic heterocycles. The Hall–Kier alpha value is -2.94. The van der Waals surface area contributed by atoms with E-state index in [1.54, 1.807) is 0 Å². The molecule has 2 N–H and O–H groups in total. The maximum absolute atomic E-state index is 11.7. The minimum absolute atomic E-state index is 0.0506. The maximum Gasteiger partial charge on any atom is 0.353 e. The van der Waals surface area contributed by atoms with Gasteiger partial charge in [0.25, 0.3) is 0 Å². The van der Waals surface area contributed by atoms with E-state index >= 15 is 0 Å². The Morgan fingerprint density at radius 3 is 2.33 bits per heavy atom. The summed E-state index contributed by atoms with van der Waals surface area (Å²) in [7, 11) is 2.08. The van der Waals surface area contributed by atoms with Crippen molar-refractivity contribution in [3.8, 4) is 0 Å². The third kappa shape index (κ3) is 4.46. The van der Waals surface area contributed by atoms with E-state index in [0.29, 0.717) is 17.7 Å². The summed E-state index contributed by atoms with van der Waals surface area (Å²) in [5, 5.41) is 11.7. The average molecular weight is 412 g/mol. The van der Waals surface area contributed by atoms with Gasteiger partial charge < -0.3 is 20.4 Å². The van der Waals surface area contributed by atoms with E-state index in [2.05, 4.69) is 51.1 Å². The first-order valence-electron chi connectivity index (χ1n) is 10.6. The van der Waals surface area contributed by atoms with Gasteiger partial charge >= 0.3 is 5.69 Å². The lowest BCUT2D eigenvalue weighted by molar-refractivity contribution is -0.383. The van der Waals surface area contributed by atoms with Crippen molar-refractivity contribution in [1.29, 1.82) is 0 Å². The molecule has 3 heterocycles. The second-order valence-corrected chi connectivity index (χ2v) is 8.25. The zero-order chi connectivity index (χ0) is 21.1. The summed E-state index contributed by atoms with van der Waals surface area (Å²) in [6.07, 6.45) is 2.98. The molecule has 2 aromatic rings. The average Bonchev–Trinajstić information content (AvgIpc) is 2.75. The first-order chi connectivity index (χ1) is 14.5. The lowest BCUT2D eigenvalue weighted by Gasteiger charge is -2.35. The molecule has 0 spiro atoms. The highest BCUT2D eigenvalue weighted by Crippen LogP contribution is 2.35. The van der Waals surface area contributed by atoms with Crippen LogP contribution in [0.15, 0.2) is 30.3 Å². The lowest BCUT2D eigenvalue weighted by Crippen LogP contribution is -2.45. The van der Waals surface area contributed by atoms with Gasteiger partial charge in [0.05, 0.1) is 4.92 Å². The topological polar surface area (TPSA) is 105 Å². The SMILES string of the molecule is CN1CCN(c2nc(N)c([N+](=O)[O-])c(N3CCC(Cc4ccccc4)CC3)n2)CC1. The van der Waals surface area contributed by atoms with Crippen molar-refractivity contribution >= 4 is 23.3 Å². The van der Waals surface area contributed by atoms with Crippen molar-refractivity contribution in [2.24, 2.45) is 5.92 Å². The molecule has 2 fully saturated rings. The lowest BCUT2D eigenvalue weighted by atomic mass is 9.90. The van der Waals surface area contributed by atoms with Gasteiger partial charge in [-0.1, -0.05) is 30.3 Å². The Bertz CT molecular complexity index is 876. The number of benzene rings is 1. The van der Waals surface area contributed by atoms with Crippen LogP contribution in [0.5, 0.6) is 0 Å². The van der Waals surface area contributed by atoms with Gasteiger partial charge in [0.2, 0.25) is 17.6 Å². The number of piperidine rings is 1. The molecule has 9 heteroatoms. The predicted octanol–water partition coefficient (Wildman–Crippen LogP) is 2.18. The summed E-state index contributed by atoms with van der Waals surface area (Å²) in [6.45, 7) is 4.84. The molecule has 0 amide bonds. The number of nitrogen functional groups attached to an aromatic ring is 1. The molecule has 0 radical (unpaired) electrons. The number of rotatable bonds is 5. The molecule has 2 aliphatic heterocycles. The van der Waals surface area contributed by atoms with E-state index in [4.69, 9.17) is 5.73 Å². The molecule has 0 unspecified atom stereocenters. The van der Waals surface area contributed by atoms with Crippen molar-refractivity contribution in [3.63, 3.8) is 0 Å². The highest BCUT2D eigenvalue weighted by Gasteiger charge is 2.31. The molecule has 4 rings (SSSR count). The minimum Gasteiger partial charge on any atom is -0.378 e. The number of piperazine rings is 1. The van der Waals surface area contributed by atoms with Gasteiger partial charge in [-0.3, -0.25) is 10.1 Å².